The van der Waals surface area contributed by atoms with E-state index in [1.807, 2.05) is 81.6 Å². The minimum atomic E-state index is -4.01. The molecule has 5 atom stereocenters. The summed E-state index contributed by atoms with van der Waals surface area (Å²) < 4.78 is 47.6. The highest BCUT2D eigenvalue weighted by Gasteiger charge is 2.39. The number of fused-ring (bicyclic) bond motifs is 8. The minimum Gasteiger partial charge on any atom is -0.493 e. The maximum atomic E-state index is 14.1. The third kappa shape index (κ3) is 13.7. The Balaban J connectivity index is 0.865. The van der Waals surface area contributed by atoms with Crippen LogP contribution in [0.15, 0.2) is 101 Å². The van der Waals surface area contributed by atoms with Crippen LogP contribution in [0.4, 0.5) is 28.4 Å². The number of methoxy groups -OCH3 is 1. The summed E-state index contributed by atoms with van der Waals surface area (Å²) >= 11 is 0. The van der Waals surface area contributed by atoms with Crippen molar-refractivity contribution in [1.82, 2.24) is 5.32 Å². The zero-order chi connectivity index (χ0) is 59.3. The zero-order valence-corrected chi connectivity index (χ0v) is 50.1. The van der Waals surface area contributed by atoms with Crippen LogP contribution >= 0.6 is 21.6 Å². The maximum Gasteiger partial charge on any atom is 0.277 e. The number of para-hydroxylation sites is 2. The summed E-state index contributed by atoms with van der Waals surface area (Å²) in [6.45, 7) is 10.6. The number of Topliss-reactive ketones (excluding diaryl/α,β-unsaturated/α-hetero) is 2. The van der Waals surface area contributed by atoms with Crippen molar-refractivity contribution in [3.05, 3.63) is 130 Å². The Morgan fingerprint density at radius 1 is 0.759 bits per heavy atom. The number of hydrogen-bond donors (Lipinski definition) is 2. The molecular formula is C62H68N6O12S3. The third-order valence-electron chi connectivity index (χ3n) is 15.2. The van der Waals surface area contributed by atoms with Gasteiger partial charge in [0, 0.05) is 90.1 Å². The SMILES string of the molecule is CCC(=O)C(CCSSC(C)(C)CCC(=O)N[C@@H](C)C(=O)C[C@@H](C)C(=O)Nc1cc(COc2cc3c(cc2C)C(=O)N2c4ccccc4C[C@H]2C=N3)cc(COc2cc3c(cc2OC)C(=O)N2c4ccccc4C[C@H]2C=N3)c1)S(=O)(=O)OC. The molecule has 0 fully saturated rings. The monoisotopic (exact) mass is 1180 g/mol. The summed E-state index contributed by atoms with van der Waals surface area (Å²) in [7, 11) is 1.43. The summed E-state index contributed by atoms with van der Waals surface area (Å²) in [5.74, 6) is -1.09. The summed E-state index contributed by atoms with van der Waals surface area (Å²) in [5, 5.41) is 4.53. The van der Waals surface area contributed by atoms with Gasteiger partial charge in [-0.2, -0.15) is 8.42 Å². The Bertz CT molecular complexity index is 3550. The van der Waals surface area contributed by atoms with Gasteiger partial charge in [-0.15, -0.1) is 0 Å². The molecule has 9 rings (SSSR count). The molecule has 0 spiro atoms. The van der Waals surface area contributed by atoms with E-state index in [0.29, 0.717) is 81.6 Å². The molecule has 2 N–H and O–H groups in total. The van der Waals surface area contributed by atoms with Gasteiger partial charge in [0.1, 0.15) is 24.2 Å². The van der Waals surface area contributed by atoms with Gasteiger partial charge in [-0.25, -0.2) is 0 Å². The first kappa shape index (κ1) is 60.3. The molecule has 436 valence electrons. The number of aryl methyl sites for hydroxylation is 1. The van der Waals surface area contributed by atoms with E-state index in [0.717, 1.165) is 35.2 Å². The van der Waals surface area contributed by atoms with Crippen LogP contribution in [-0.4, -0.2) is 104 Å². The molecule has 5 aromatic carbocycles. The zero-order valence-electron chi connectivity index (χ0n) is 47.7. The van der Waals surface area contributed by atoms with Gasteiger partial charge in [0.25, 0.3) is 21.9 Å². The molecule has 0 bridgehead atoms. The smallest absolute Gasteiger partial charge is 0.277 e. The van der Waals surface area contributed by atoms with Crippen molar-refractivity contribution in [3.8, 4) is 17.2 Å². The fraction of sp³-hybridized carbons (Fsp3) is 0.387. The van der Waals surface area contributed by atoms with E-state index in [4.69, 9.17) is 24.2 Å². The van der Waals surface area contributed by atoms with Crippen LogP contribution in [0.25, 0.3) is 0 Å². The van der Waals surface area contributed by atoms with Crippen LogP contribution < -0.4 is 34.6 Å². The van der Waals surface area contributed by atoms with E-state index in [2.05, 4.69) is 14.8 Å². The number of ether oxygens (including phenoxy) is 3. The van der Waals surface area contributed by atoms with Crippen molar-refractivity contribution in [2.45, 2.75) is 128 Å². The molecule has 4 amide bonds. The van der Waals surface area contributed by atoms with Crippen molar-refractivity contribution in [3.63, 3.8) is 0 Å². The number of aliphatic imine (C=N–C) groups is 2. The highest BCUT2D eigenvalue weighted by molar-refractivity contribution is 8.77. The molecule has 0 aliphatic carbocycles. The first-order valence-corrected chi connectivity index (χ1v) is 31.4. The number of benzene rings is 5. The molecule has 0 saturated heterocycles. The standard InChI is InChI=1S/C62H68N6O12S3/c1-9-52(69)57(83(75,76)78-8)19-21-81-82-62(5,6)20-18-58(71)65-38(4)53(70)23-37(3)59(72)66-43-25-39(34-79-54-30-48-46(22-36(54)2)60(73)67-44(32-63-48)27-41-14-10-12-16-50(41)67)24-40(26-43)35-80-56-31-49-47(29-55(56)77-7)61(74)68-45(33-64-49)28-42-15-11-13-17-51(42)68/h10-17,22,24-26,29-33,37-38,44-45,57H,9,18-21,23,27-28,34-35H2,1-8H3,(H,65,71)(H,66,72)/t37-,38+,44+,45+,57?/m1/s1. The van der Waals surface area contributed by atoms with E-state index in [1.54, 1.807) is 73.2 Å². The summed E-state index contributed by atoms with van der Waals surface area (Å²) in [6.07, 6.45) is 5.49. The molecule has 0 radical (unpaired) electrons. The second kappa shape index (κ2) is 25.7. The van der Waals surface area contributed by atoms with E-state index in [-0.39, 0.29) is 74.5 Å². The van der Waals surface area contributed by atoms with Gasteiger partial charge in [0.15, 0.2) is 23.1 Å². The van der Waals surface area contributed by atoms with Gasteiger partial charge in [0.2, 0.25) is 11.8 Å². The molecular weight excluding hydrogens is 1120 g/mol. The molecule has 1 unspecified atom stereocenters. The van der Waals surface area contributed by atoms with Gasteiger partial charge in [-0.3, -0.25) is 52.7 Å². The molecule has 0 saturated carbocycles. The van der Waals surface area contributed by atoms with Crippen LogP contribution in [-0.2, 0) is 59.5 Å². The quantitative estimate of drug-likeness (QED) is 0.0315. The number of amides is 4. The Labute approximate surface area is 492 Å². The highest BCUT2D eigenvalue weighted by Crippen LogP contribution is 2.43. The van der Waals surface area contributed by atoms with Crippen molar-refractivity contribution < 1.29 is 55.6 Å². The van der Waals surface area contributed by atoms with Gasteiger partial charge < -0.3 is 24.8 Å². The number of nitrogens with zero attached hydrogens (tertiary/aromatic N) is 4. The lowest BCUT2D eigenvalue weighted by Gasteiger charge is -2.24. The maximum absolute atomic E-state index is 14.1. The Morgan fingerprint density at radius 3 is 1.90 bits per heavy atom. The first-order chi connectivity index (χ1) is 39.7. The number of nitrogens with one attached hydrogen (secondary N) is 2. The second-order valence-electron chi connectivity index (χ2n) is 21.7. The van der Waals surface area contributed by atoms with Crippen molar-refractivity contribution in [2.24, 2.45) is 15.9 Å². The number of rotatable bonds is 25. The first-order valence-electron chi connectivity index (χ1n) is 27.6. The van der Waals surface area contributed by atoms with Gasteiger partial charge >= 0.3 is 0 Å². The second-order valence-corrected chi connectivity index (χ2v) is 26.8. The van der Waals surface area contributed by atoms with Gasteiger partial charge in [-0.1, -0.05) is 71.8 Å². The lowest BCUT2D eigenvalue weighted by atomic mass is 9.99. The predicted molar refractivity (Wildman–Crippen MR) is 325 cm³/mol. The molecule has 5 aromatic rings. The predicted octanol–water partition coefficient (Wildman–Crippen LogP) is 10.4. The molecule has 0 aromatic heterocycles. The van der Waals surface area contributed by atoms with Crippen LogP contribution in [0.2, 0.25) is 0 Å². The number of anilines is 3. The Morgan fingerprint density at radius 2 is 1.33 bits per heavy atom. The lowest BCUT2D eigenvalue weighted by molar-refractivity contribution is -0.129. The van der Waals surface area contributed by atoms with Crippen molar-refractivity contribution >= 4 is 108 Å². The Hall–Kier alpha value is -7.33. The largest absolute Gasteiger partial charge is 0.493 e. The summed E-state index contributed by atoms with van der Waals surface area (Å²) in [6, 6.07) is 26.7. The minimum absolute atomic E-state index is 0.00989. The fourth-order valence-corrected chi connectivity index (χ4v) is 14.5. The van der Waals surface area contributed by atoms with E-state index < -0.39 is 43.8 Å². The van der Waals surface area contributed by atoms with Crippen molar-refractivity contribution in [1.29, 1.82) is 0 Å². The molecule has 21 heteroatoms. The number of carbonyl (C=O) groups excluding carboxylic acids is 6. The number of ketones is 2. The third-order valence-corrected chi connectivity index (χ3v) is 20.2. The topological polar surface area (TPSA) is 229 Å². The molecule has 4 aliphatic heterocycles. The fourth-order valence-electron chi connectivity index (χ4n) is 10.6. The van der Waals surface area contributed by atoms with Gasteiger partial charge in [0.05, 0.1) is 54.8 Å². The number of hydrogen-bond acceptors (Lipinski definition) is 16. The normalized spacial score (nSPS) is 16.9. The summed E-state index contributed by atoms with van der Waals surface area (Å²) in [5.41, 5.74) is 8.06. The van der Waals surface area contributed by atoms with Gasteiger partial charge in [-0.05, 0) is 111 Å². The lowest BCUT2D eigenvalue weighted by Crippen LogP contribution is -2.40. The molecule has 4 heterocycles. The number of carbonyl (C=O) groups is 6. The van der Waals surface area contributed by atoms with Crippen LogP contribution in [0.1, 0.15) is 115 Å². The Kier molecular flexibility index (Phi) is 18.6. The highest BCUT2D eigenvalue weighted by atomic mass is 33.1. The molecule has 4 aliphatic rings. The van der Waals surface area contributed by atoms with Crippen LogP contribution in [0.5, 0.6) is 17.2 Å². The average molecular weight is 1190 g/mol. The van der Waals surface area contributed by atoms with Crippen molar-refractivity contribution in [2.75, 3.05) is 35.1 Å². The van der Waals surface area contributed by atoms with E-state index in [9.17, 15) is 37.2 Å². The van der Waals surface area contributed by atoms with Crippen LogP contribution in [0.3, 0.4) is 0 Å². The molecule has 83 heavy (non-hydrogen) atoms. The summed E-state index contributed by atoms with van der Waals surface area (Å²) in [4.78, 5) is 94.2. The van der Waals surface area contributed by atoms with Crippen LogP contribution in [0, 0.1) is 12.8 Å². The van der Waals surface area contributed by atoms with E-state index >= 15 is 0 Å². The average Bonchev–Trinajstić information content (AvgIpc) is 2.80. The molecule has 18 nitrogen and oxygen atoms in total. The van der Waals surface area contributed by atoms with E-state index in [1.165, 1.54) is 28.7 Å².